The summed E-state index contributed by atoms with van der Waals surface area (Å²) in [5, 5.41) is 2.81. The first-order chi connectivity index (χ1) is 9.84. The summed E-state index contributed by atoms with van der Waals surface area (Å²) in [7, 11) is 0. The van der Waals surface area contributed by atoms with Crippen LogP contribution in [-0.2, 0) is 0 Å². The van der Waals surface area contributed by atoms with E-state index in [-0.39, 0.29) is 0 Å². The zero-order valence-corrected chi connectivity index (χ0v) is 16.3. The molecule has 0 aromatic carbocycles. The molecule has 0 atom stereocenters. The Labute approximate surface area is 137 Å². The van der Waals surface area contributed by atoms with Crippen LogP contribution >= 0.6 is 23.2 Å². The second kappa shape index (κ2) is 14.7. The lowest BCUT2D eigenvalue weighted by Gasteiger charge is -2.27. The van der Waals surface area contributed by atoms with Crippen LogP contribution in [-0.4, -0.2) is 15.8 Å². The summed E-state index contributed by atoms with van der Waals surface area (Å²) in [6.07, 6.45) is 14.9. The fourth-order valence-electron chi connectivity index (χ4n) is 2.98. The van der Waals surface area contributed by atoms with Crippen LogP contribution < -0.4 is 0 Å². The highest BCUT2D eigenvalue weighted by molar-refractivity contribution is 8.54. The van der Waals surface area contributed by atoms with E-state index in [2.05, 4.69) is 30.0 Å². The highest BCUT2D eigenvalue weighted by Crippen LogP contribution is 2.37. The van der Waals surface area contributed by atoms with Gasteiger partial charge in [0.15, 0.2) is 0 Å². The third-order valence-electron chi connectivity index (χ3n) is 3.87. The van der Waals surface area contributed by atoms with Crippen molar-refractivity contribution < 1.29 is 0 Å². The van der Waals surface area contributed by atoms with Gasteiger partial charge in [0.05, 0.1) is 0 Å². The average Bonchev–Trinajstić information content (AvgIpc) is 2.53. The van der Waals surface area contributed by atoms with Crippen LogP contribution in [0, 0.1) is 0 Å². The fraction of sp³-hybridized carbons (Fsp3) is 1.00. The van der Waals surface area contributed by atoms with Gasteiger partial charge < -0.3 is 0 Å². The molecular formula is C17H37BS2. The largest absolute Gasteiger partial charge is 0.271 e. The van der Waals surface area contributed by atoms with Gasteiger partial charge in [-0.05, 0) is 36.2 Å². The van der Waals surface area contributed by atoms with Crippen molar-refractivity contribution in [2.45, 2.75) is 109 Å². The molecule has 0 aromatic rings. The zero-order valence-electron chi connectivity index (χ0n) is 14.6. The van der Waals surface area contributed by atoms with Crippen molar-refractivity contribution in [1.82, 2.24) is 0 Å². The molecule has 0 saturated heterocycles. The first kappa shape index (κ1) is 20.8. The van der Waals surface area contributed by atoms with Crippen molar-refractivity contribution in [2.75, 3.05) is 0 Å². The Balaban J connectivity index is 0.000000829. The Bertz CT molecular complexity index is 167. The zero-order chi connectivity index (χ0) is 15.2. The topological polar surface area (TPSA) is 0 Å². The molecule has 3 heteroatoms. The summed E-state index contributed by atoms with van der Waals surface area (Å²) >= 11 is 4.55. The molecule has 0 heterocycles. The van der Waals surface area contributed by atoms with Gasteiger partial charge in [0.25, 0.3) is 5.27 Å². The standard InChI is InChI=1S/C13H25BS2.2C2H6/c1-14(15-12-8-4-2-5-9-12)16-13-10-6-3-7-11-13;2*1-2/h12-13H,2-11H2,1H3;2*1-2H3. The molecule has 0 aliphatic heterocycles. The van der Waals surface area contributed by atoms with Crippen molar-refractivity contribution in [1.29, 1.82) is 0 Å². The lowest BCUT2D eigenvalue weighted by molar-refractivity contribution is 0.517. The van der Waals surface area contributed by atoms with Gasteiger partial charge in [0.2, 0.25) is 0 Å². The quantitative estimate of drug-likeness (QED) is 0.499. The van der Waals surface area contributed by atoms with Crippen molar-refractivity contribution in [3.8, 4) is 0 Å². The highest BCUT2D eigenvalue weighted by Gasteiger charge is 2.23. The molecule has 2 saturated carbocycles. The van der Waals surface area contributed by atoms with Crippen LogP contribution in [0.3, 0.4) is 0 Å². The van der Waals surface area contributed by atoms with Crippen molar-refractivity contribution in [3.05, 3.63) is 0 Å². The first-order valence-corrected chi connectivity index (χ1v) is 11.0. The molecule has 0 aromatic heterocycles. The predicted octanol–water partition coefficient (Wildman–Crippen LogP) is 7.29. The van der Waals surface area contributed by atoms with Gasteiger partial charge in [-0.2, -0.15) is 23.2 Å². The SMILES string of the molecule is CB(SC1CCCCC1)SC1CCCCC1.CC.CC. The van der Waals surface area contributed by atoms with E-state index in [9.17, 15) is 0 Å². The second-order valence-corrected chi connectivity index (χ2v) is 8.95. The molecule has 0 N–H and O–H groups in total. The van der Waals surface area contributed by atoms with E-state index in [1.54, 1.807) is 0 Å². The molecule has 0 amide bonds. The van der Waals surface area contributed by atoms with E-state index in [0.717, 1.165) is 15.8 Å². The molecule has 0 unspecified atom stereocenters. The molecule has 0 spiro atoms. The third-order valence-corrected chi connectivity index (χ3v) is 7.02. The minimum atomic E-state index is 0.839. The minimum absolute atomic E-state index is 0.839. The number of hydrogen-bond acceptors (Lipinski definition) is 2. The maximum Gasteiger partial charge on any atom is 0.271 e. The van der Waals surface area contributed by atoms with Gasteiger partial charge in [0, 0.05) is 0 Å². The van der Waals surface area contributed by atoms with Crippen LogP contribution in [0.2, 0.25) is 6.82 Å². The molecule has 0 nitrogen and oxygen atoms in total. The van der Waals surface area contributed by atoms with Gasteiger partial charge >= 0.3 is 0 Å². The fourth-order valence-corrected chi connectivity index (χ4v) is 6.47. The van der Waals surface area contributed by atoms with Gasteiger partial charge in [-0.25, -0.2) is 0 Å². The molecule has 2 aliphatic rings. The van der Waals surface area contributed by atoms with Crippen LogP contribution in [0.1, 0.15) is 91.9 Å². The normalized spacial score (nSPS) is 20.2. The van der Waals surface area contributed by atoms with E-state index in [1.165, 1.54) is 64.2 Å². The first-order valence-electron chi connectivity index (χ1n) is 9.15. The average molecular weight is 316 g/mol. The van der Waals surface area contributed by atoms with Crippen LogP contribution in [0.5, 0.6) is 0 Å². The summed E-state index contributed by atoms with van der Waals surface area (Å²) in [5.41, 5.74) is 0. The molecule has 120 valence electrons. The lowest BCUT2D eigenvalue weighted by Crippen LogP contribution is -2.17. The van der Waals surface area contributed by atoms with Crippen LogP contribution in [0.25, 0.3) is 0 Å². The molecule has 0 bridgehead atoms. The Hall–Kier alpha value is 0.765. The number of rotatable bonds is 4. The van der Waals surface area contributed by atoms with Gasteiger partial charge in [-0.15, -0.1) is 0 Å². The third kappa shape index (κ3) is 9.66. The summed E-state index contributed by atoms with van der Waals surface area (Å²) in [4.78, 5) is 0. The van der Waals surface area contributed by atoms with Crippen molar-refractivity contribution in [3.63, 3.8) is 0 Å². The summed E-state index contributed by atoms with van der Waals surface area (Å²) < 4.78 is 0. The summed E-state index contributed by atoms with van der Waals surface area (Å²) in [5.74, 6) is 0. The van der Waals surface area contributed by atoms with Crippen LogP contribution in [0.4, 0.5) is 0 Å². The smallest absolute Gasteiger partial charge is 0.192 e. The summed E-state index contributed by atoms with van der Waals surface area (Å²) in [6, 6.07) is 0. The van der Waals surface area contributed by atoms with Crippen LogP contribution in [0.15, 0.2) is 0 Å². The molecular weight excluding hydrogens is 279 g/mol. The van der Waals surface area contributed by atoms with E-state index >= 15 is 0 Å². The maximum atomic E-state index is 2.44. The maximum absolute atomic E-state index is 2.44. The molecule has 2 rings (SSSR count). The molecule has 20 heavy (non-hydrogen) atoms. The Kier molecular flexibility index (Phi) is 15.3. The van der Waals surface area contributed by atoms with E-state index < -0.39 is 0 Å². The van der Waals surface area contributed by atoms with E-state index in [1.807, 2.05) is 27.7 Å². The summed E-state index contributed by atoms with van der Waals surface area (Å²) in [6.45, 7) is 10.4. The molecule has 0 radical (unpaired) electrons. The lowest BCUT2D eigenvalue weighted by atomic mass is 10.0. The van der Waals surface area contributed by atoms with Crippen molar-refractivity contribution >= 4 is 28.5 Å². The van der Waals surface area contributed by atoms with E-state index in [4.69, 9.17) is 0 Å². The molecule has 2 aliphatic carbocycles. The van der Waals surface area contributed by atoms with E-state index in [0.29, 0.717) is 0 Å². The van der Waals surface area contributed by atoms with Gasteiger partial charge in [-0.3, -0.25) is 0 Å². The Morgan fingerprint density at radius 1 is 0.600 bits per heavy atom. The van der Waals surface area contributed by atoms with Gasteiger partial charge in [-0.1, -0.05) is 73.0 Å². The predicted molar refractivity (Wildman–Crippen MR) is 103 cm³/mol. The second-order valence-electron chi connectivity index (χ2n) is 5.36. The Morgan fingerprint density at radius 2 is 0.900 bits per heavy atom. The minimum Gasteiger partial charge on any atom is -0.192 e. The monoisotopic (exact) mass is 316 g/mol. The van der Waals surface area contributed by atoms with Crippen molar-refractivity contribution in [2.24, 2.45) is 0 Å². The Morgan fingerprint density at radius 3 is 1.20 bits per heavy atom. The number of hydrogen-bond donors (Lipinski definition) is 0. The highest BCUT2D eigenvalue weighted by atomic mass is 32.2. The van der Waals surface area contributed by atoms with Gasteiger partial charge in [0.1, 0.15) is 0 Å². The molecule has 2 fully saturated rings.